The van der Waals surface area contributed by atoms with Crippen molar-refractivity contribution >= 4 is 17.7 Å². The second-order valence-electron chi connectivity index (χ2n) is 3.20. The summed E-state index contributed by atoms with van der Waals surface area (Å²) in [5.41, 5.74) is 1.81. The Morgan fingerprint density at radius 2 is 2.13 bits per heavy atom. The number of hydrogen-bond acceptors (Lipinski definition) is 4. The molecule has 15 heavy (non-hydrogen) atoms. The van der Waals surface area contributed by atoms with E-state index in [0.29, 0.717) is 5.75 Å². The highest BCUT2D eigenvalue weighted by molar-refractivity contribution is 8.00. The Labute approximate surface area is 90.4 Å². The van der Waals surface area contributed by atoms with Gasteiger partial charge in [0.15, 0.2) is 5.16 Å². The first kappa shape index (κ1) is 8.67. The summed E-state index contributed by atoms with van der Waals surface area (Å²) in [6.07, 6.45) is 5.22. The zero-order valence-corrected chi connectivity index (χ0v) is 8.57. The highest BCUT2D eigenvalue weighted by atomic mass is 32.2. The van der Waals surface area contributed by atoms with Gasteiger partial charge in [0.2, 0.25) is 5.91 Å². The molecule has 4 nitrogen and oxygen atoms in total. The Bertz CT molecular complexity index is 521. The molecule has 0 bridgehead atoms. The Morgan fingerprint density at radius 1 is 1.33 bits per heavy atom. The van der Waals surface area contributed by atoms with Crippen molar-refractivity contribution in [1.29, 1.82) is 0 Å². The van der Waals surface area contributed by atoms with Crippen molar-refractivity contribution in [3.05, 3.63) is 30.7 Å². The maximum absolute atomic E-state index is 11.4. The summed E-state index contributed by atoms with van der Waals surface area (Å²) in [5, 5.41) is 0.784. The normalized spacial score (nSPS) is 14.3. The second-order valence-corrected chi connectivity index (χ2v) is 4.14. The van der Waals surface area contributed by atoms with Gasteiger partial charge in [-0.25, -0.2) is 4.98 Å². The molecule has 2 aromatic heterocycles. The monoisotopic (exact) mass is 217 g/mol. The standard InChI is InChI=1S/C10H7N3OS/c14-9-6-15-10-12-8(5-13(9)10)7-1-3-11-4-2-7/h1-5H,6H2. The summed E-state index contributed by atoms with van der Waals surface area (Å²) in [7, 11) is 0. The zero-order chi connectivity index (χ0) is 10.3. The molecule has 0 aliphatic carbocycles. The number of thioether (sulfide) groups is 1. The van der Waals surface area contributed by atoms with Crippen LogP contribution in [0.3, 0.4) is 0 Å². The van der Waals surface area contributed by atoms with Crippen LogP contribution in [0.1, 0.15) is 4.79 Å². The highest BCUT2D eigenvalue weighted by Gasteiger charge is 2.22. The second kappa shape index (κ2) is 3.20. The first-order valence-electron chi connectivity index (χ1n) is 4.50. The number of aromatic nitrogens is 3. The minimum atomic E-state index is 0.0998. The minimum Gasteiger partial charge on any atom is -0.273 e. The lowest BCUT2D eigenvalue weighted by Crippen LogP contribution is -2.04. The lowest BCUT2D eigenvalue weighted by Gasteiger charge is -1.93. The van der Waals surface area contributed by atoms with E-state index in [1.807, 2.05) is 12.1 Å². The smallest absolute Gasteiger partial charge is 0.243 e. The molecule has 0 spiro atoms. The number of pyridine rings is 1. The van der Waals surface area contributed by atoms with Crippen molar-refractivity contribution in [3.8, 4) is 11.3 Å². The van der Waals surface area contributed by atoms with Crippen molar-refractivity contribution in [1.82, 2.24) is 14.5 Å². The molecular formula is C10H7N3OS. The number of carbonyl (C=O) groups excluding carboxylic acids is 1. The molecule has 0 atom stereocenters. The molecule has 3 heterocycles. The van der Waals surface area contributed by atoms with E-state index >= 15 is 0 Å². The van der Waals surface area contributed by atoms with Crippen LogP contribution in [0.4, 0.5) is 0 Å². The molecule has 0 unspecified atom stereocenters. The molecule has 74 valence electrons. The van der Waals surface area contributed by atoms with Crippen LogP contribution in [0.2, 0.25) is 0 Å². The highest BCUT2D eigenvalue weighted by Crippen LogP contribution is 2.28. The topological polar surface area (TPSA) is 47.8 Å². The van der Waals surface area contributed by atoms with Gasteiger partial charge >= 0.3 is 0 Å². The van der Waals surface area contributed by atoms with Gasteiger partial charge in [0.25, 0.3) is 0 Å². The SMILES string of the molecule is O=C1CSc2nc(-c3ccncc3)cn21. The third-order valence-electron chi connectivity index (χ3n) is 2.24. The van der Waals surface area contributed by atoms with Crippen molar-refractivity contribution < 1.29 is 4.79 Å². The first-order valence-corrected chi connectivity index (χ1v) is 5.49. The summed E-state index contributed by atoms with van der Waals surface area (Å²) >= 11 is 1.48. The molecule has 0 aromatic carbocycles. The van der Waals surface area contributed by atoms with Crippen molar-refractivity contribution in [2.45, 2.75) is 5.16 Å². The van der Waals surface area contributed by atoms with Gasteiger partial charge < -0.3 is 0 Å². The van der Waals surface area contributed by atoms with Crippen LogP contribution in [-0.4, -0.2) is 26.2 Å². The van der Waals surface area contributed by atoms with E-state index in [1.165, 1.54) is 11.8 Å². The van der Waals surface area contributed by atoms with Crippen LogP contribution in [0.25, 0.3) is 11.3 Å². The molecule has 0 saturated heterocycles. The first-order chi connectivity index (χ1) is 7.34. The Kier molecular flexibility index (Phi) is 1.85. The minimum absolute atomic E-state index is 0.0998. The van der Waals surface area contributed by atoms with Crippen LogP contribution in [0.5, 0.6) is 0 Å². The van der Waals surface area contributed by atoms with E-state index in [1.54, 1.807) is 23.2 Å². The third kappa shape index (κ3) is 1.35. The third-order valence-corrected chi connectivity index (χ3v) is 3.18. The average Bonchev–Trinajstić information content (AvgIpc) is 2.83. The van der Waals surface area contributed by atoms with Gasteiger partial charge in [-0.2, -0.15) is 0 Å². The molecule has 0 saturated carbocycles. The predicted octanol–water partition coefficient (Wildman–Crippen LogP) is 1.69. The van der Waals surface area contributed by atoms with Gasteiger partial charge in [0.05, 0.1) is 11.4 Å². The number of imidazole rings is 1. The molecule has 1 aliphatic heterocycles. The van der Waals surface area contributed by atoms with E-state index in [9.17, 15) is 4.79 Å². The zero-order valence-electron chi connectivity index (χ0n) is 7.75. The van der Waals surface area contributed by atoms with Crippen molar-refractivity contribution in [2.75, 3.05) is 5.75 Å². The van der Waals surface area contributed by atoms with Crippen LogP contribution in [-0.2, 0) is 0 Å². The summed E-state index contributed by atoms with van der Waals surface area (Å²) < 4.78 is 1.61. The van der Waals surface area contributed by atoms with Gasteiger partial charge in [-0.15, -0.1) is 0 Å². The lowest BCUT2D eigenvalue weighted by molar-refractivity contribution is 0.0939. The van der Waals surface area contributed by atoms with Gasteiger partial charge in [-0.1, -0.05) is 11.8 Å². The van der Waals surface area contributed by atoms with Crippen molar-refractivity contribution in [3.63, 3.8) is 0 Å². The molecule has 0 amide bonds. The lowest BCUT2D eigenvalue weighted by atomic mass is 10.2. The molecule has 5 heteroatoms. The van der Waals surface area contributed by atoms with Gasteiger partial charge in [-0.3, -0.25) is 14.3 Å². The summed E-state index contributed by atoms with van der Waals surface area (Å²) in [5.74, 6) is 0.599. The average molecular weight is 217 g/mol. The van der Waals surface area contributed by atoms with E-state index in [4.69, 9.17) is 0 Å². The van der Waals surface area contributed by atoms with E-state index in [2.05, 4.69) is 9.97 Å². The summed E-state index contributed by atoms with van der Waals surface area (Å²) in [4.78, 5) is 19.7. The Hall–Kier alpha value is -1.62. The molecular weight excluding hydrogens is 210 g/mol. The number of carbonyl (C=O) groups is 1. The molecule has 0 N–H and O–H groups in total. The molecule has 1 aliphatic rings. The predicted molar refractivity (Wildman–Crippen MR) is 56.8 cm³/mol. The van der Waals surface area contributed by atoms with Crippen LogP contribution >= 0.6 is 11.8 Å². The Balaban J connectivity index is 2.09. The summed E-state index contributed by atoms with van der Waals surface area (Å²) in [6, 6.07) is 3.76. The quantitative estimate of drug-likeness (QED) is 0.729. The maximum atomic E-state index is 11.4. The van der Waals surface area contributed by atoms with Gasteiger partial charge in [-0.05, 0) is 12.1 Å². The Morgan fingerprint density at radius 3 is 2.87 bits per heavy atom. The molecule has 2 aromatic rings. The maximum Gasteiger partial charge on any atom is 0.243 e. The van der Waals surface area contributed by atoms with Crippen LogP contribution in [0.15, 0.2) is 35.9 Å². The largest absolute Gasteiger partial charge is 0.273 e. The fourth-order valence-electron chi connectivity index (χ4n) is 1.50. The fraction of sp³-hybridized carbons (Fsp3) is 0.100. The number of hydrogen-bond donors (Lipinski definition) is 0. The van der Waals surface area contributed by atoms with E-state index < -0.39 is 0 Å². The van der Waals surface area contributed by atoms with Gasteiger partial charge in [0, 0.05) is 24.2 Å². The van der Waals surface area contributed by atoms with E-state index in [-0.39, 0.29) is 5.91 Å². The summed E-state index contributed by atoms with van der Waals surface area (Å²) in [6.45, 7) is 0. The van der Waals surface area contributed by atoms with E-state index in [0.717, 1.165) is 16.4 Å². The number of rotatable bonds is 1. The van der Waals surface area contributed by atoms with Crippen molar-refractivity contribution in [2.24, 2.45) is 0 Å². The van der Waals surface area contributed by atoms with Gasteiger partial charge in [0.1, 0.15) is 0 Å². The molecule has 3 rings (SSSR count). The van der Waals surface area contributed by atoms with Crippen LogP contribution < -0.4 is 0 Å². The molecule has 0 radical (unpaired) electrons. The number of fused-ring (bicyclic) bond motifs is 1. The number of nitrogens with zero attached hydrogens (tertiary/aromatic N) is 3. The fourth-order valence-corrected chi connectivity index (χ4v) is 2.35. The van der Waals surface area contributed by atoms with Crippen LogP contribution in [0, 0.1) is 0 Å². The molecule has 0 fully saturated rings.